The summed E-state index contributed by atoms with van der Waals surface area (Å²) in [5.74, 6) is 0. The van der Waals surface area contributed by atoms with E-state index >= 15 is 0 Å². The molecule has 0 saturated heterocycles. The molecule has 2 nitrogen and oxygen atoms in total. The maximum Gasteiger partial charge on any atom is 0.0782 e. The molecule has 0 bridgehead atoms. The van der Waals surface area contributed by atoms with E-state index in [1.165, 1.54) is 106 Å². The molecular weight excluding hydrogens is 280 g/mol. The molecule has 0 aromatic carbocycles. The van der Waals surface area contributed by atoms with Crippen LogP contribution in [0, 0.1) is 0 Å². The lowest BCUT2D eigenvalue weighted by atomic mass is 10.1. The van der Waals surface area contributed by atoms with Crippen molar-refractivity contribution in [2.75, 3.05) is 54.4 Å². The van der Waals surface area contributed by atoms with E-state index in [1.54, 1.807) is 0 Å². The van der Waals surface area contributed by atoms with Crippen LogP contribution in [0.15, 0.2) is 0 Å². The van der Waals surface area contributed by atoms with Crippen molar-refractivity contribution in [3.63, 3.8) is 0 Å². The Labute approximate surface area is 148 Å². The summed E-state index contributed by atoms with van der Waals surface area (Å²) in [5.41, 5.74) is 0. The van der Waals surface area contributed by atoms with E-state index in [0.29, 0.717) is 0 Å². The molecule has 23 heavy (non-hydrogen) atoms. The molecule has 0 aromatic rings. The molecule has 2 heteroatoms. The Morgan fingerprint density at radius 2 is 0.652 bits per heavy atom. The molecular formula is C21H48N2+2. The van der Waals surface area contributed by atoms with Crippen LogP contribution in [0.5, 0.6) is 0 Å². The van der Waals surface area contributed by atoms with Gasteiger partial charge in [-0.1, -0.05) is 39.5 Å². The summed E-state index contributed by atoms with van der Waals surface area (Å²) < 4.78 is 2.44. The summed E-state index contributed by atoms with van der Waals surface area (Å²) in [4.78, 5) is 0. The highest BCUT2D eigenvalue weighted by atomic mass is 15.3. The standard InChI is InChI=1S/C21H48N2/c1-7-9-11-14-18-22(3,4)20-16-13-17-21-23(5,6)19-15-12-10-8-2/h7-21H2,1-6H3/q+2. The molecule has 0 atom stereocenters. The summed E-state index contributed by atoms with van der Waals surface area (Å²) in [5, 5.41) is 0. The van der Waals surface area contributed by atoms with E-state index in [2.05, 4.69) is 42.0 Å². The lowest BCUT2D eigenvalue weighted by molar-refractivity contribution is -0.892. The van der Waals surface area contributed by atoms with Gasteiger partial charge in [0, 0.05) is 0 Å². The minimum absolute atomic E-state index is 1.22. The van der Waals surface area contributed by atoms with Crippen molar-refractivity contribution in [1.29, 1.82) is 0 Å². The molecule has 0 aromatic heterocycles. The van der Waals surface area contributed by atoms with E-state index in [1.807, 2.05) is 0 Å². The molecule has 0 heterocycles. The number of unbranched alkanes of at least 4 members (excludes halogenated alkanes) is 8. The number of quaternary nitrogens is 2. The predicted molar refractivity (Wildman–Crippen MR) is 106 cm³/mol. The van der Waals surface area contributed by atoms with Crippen molar-refractivity contribution in [1.82, 2.24) is 0 Å². The number of rotatable bonds is 16. The topological polar surface area (TPSA) is 0 Å². The van der Waals surface area contributed by atoms with Crippen molar-refractivity contribution in [2.45, 2.75) is 84.5 Å². The first kappa shape index (κ1) is 22.9. The lowest BCUT2D eigenvalue weighted by Gasteiger charge is -2.31. The van der Waals surface area contributed by atoms with Gasteiger partial charge in [0.2, 0.25) is 0 Å². The lowest BCUT2D eigenvalue weighted by Crippen LogP contribution is -2.42. The zero-order valence-electron chi connectivity index (χ0n) is 17.5. The molecule has 0 aliphatic rings. The number of hydrogen-bond donors (Lipinski definition) is 0. The van der Waals surface area contributed by atoms with Gasteiger partial charge in [0.25, 0.3) is 0 Å². The highest BCUT2D eigenvalue weighted by Crippen LogP contribution is 2.11. The average Bonchev–Trinajstić information content (AvgIpc) is 2.48. The molecule has 0 N–H and O–H groups in total. The maximum atomic E-state index is 2.42. The molecule has 0 radical (unpaired) electrons. The van der Waals surface area contributed by atoms with E-state index in [-0.39, 0.29) is 0 Å². The third-order valence-corrected chi connectivity index (χ3v) is 5.26. The third-order valence-electron chi connectivity index (χ3n) is 5.26. The monoisotopic (exact) mass is 328 g/mol. The second-order valence-electron chi connectivity index (χ2n) is 8.95. The Morgan fingerprint density at radius 1 is 0.391 bits per heavy atom. The predicted octanol–water partition coefficient (Wildman–Crippen LogP) is 5.47. The van der Waals surface area contributed by atoms with Crippen LogP contribution in [0.3, 0.4) is 0 Å². The molecule has 0 amide bonds. The molecule has 0 fully saturated rings. The number of nitrogens with zero attached hydrogens (tertiary/aromatic N) is 2. The second kappa shape index (κ2) is 13.2. The van der Waals surface area contributed by atoms with E-state index in [0.717, 1.165) is 0 Å². The third kappa shape index (κ3) is 15.2. The largest absolute Gasteiger partial charge is 0.328 e. The molecule has 0 rings (SSSR count). The molecule has 0 aliphatic heterocycles. The smallest absolute Gasteiger partial charge is 0.0782 e. The SMILES string of the molecule is CCCCCC[N+](C)(C)CCCCC[N+](C)(C)CCCCCC. The van der Waals surface area contributed by atoms with Gasteiger partial charge in [0.15, 0.2) is 0 Å². The first-order chi connectivity index (χ1) is 10.8. The maximum absolute atomic E-state index is 2.42. The van der Waals surface area contributed by atoms with Crippen molar-refractivity contribution < 1.29 is 8.97 Å². The van der Waals surface area contributed by atoms with Crippen LogP contribution in [0.4, 0.5) is 0 Å². The van der Waals surface area contributed by atoms with Crippen LogP contribution in [0.25, 0.3) is 0 Å². The Hall–Kier alpha value is -0.0800. The summed E-state index contributed by atoms with van der Waals surface area (Å²) >= 11 is 0. The van der Waals surface area contributed by atoms with Gasteiger partial charge in [-0.05, 0) is 44.9 Å². The van der Waals surface area contributed by atoms with E-state index < -0.39 is 0 Å². The fourth-order valence-corrected chi connectivity index (χ4v) is 3.41. The summed E-state index contributed by atoms with van der Waals surface area (Å²) in [6.07, 6.45) is 15.4. The van der Waals surface area contributed by atoms with Gasteiger partial charge in [0.1, 0.15) is 0 Å². The van der Waals surface area contributed by atoms with Crippen LogP contribution < -0.4 is 0 Å². The summed E-state index contributed by atoms with van der Waals surface area (Å²) in [6.45, 7) is 10.0. The fourth-order valence-electron chi connectivity index (χ4n) is 3.41. The molecule has 0 spiro atoms. The Kier molecular flexibility index (Phi) is 13.2. The number of hydrogen-bond acceptors (Lipinski definition) is 0. The van der Waals surface area contributed by atoms with Gasteiger partial charge in [-0.25, -0.2) is 0 Å². The highest BCUT2D eigenvalue weighted by Gasteiger charge is 2.16. The first-order valence-corrected chi connectivity index (χ1v) is 10.5. The highest BCUT2D eigenvalue weighted by molar-refractivity contribution is 4.46. The first-order valence-electron chi connectivity index (χ1n) is 10.5. The second-order valence-corrected chi connectivity index (χ2v) is 8.95. The fraction of sp³-hybridized carbons (Fsp3) is 1.00. The van der Waals surface area contributed by atoms with Crippen LogP contribution in [0.1, 0.15) is 84.5 Å². The minimum atomic E-state index is 1.22. The summed E-state index contributed by atoms with van der Waals surface area (Å²) in [6, 6.07) is 0. The Balaban J connectivity index is 3.65. The van der Waals surface area contributed by atoms with Gasteiger partial charge >= 0.3 is 0 Å². The van der Waals surface area contributed by atoms with Crippen molar-refractivity contribution in [2.24, 2.45) is 0 Å². The Morgan fingerprint density at radius 3 is 0.913 bits per heavy atom. The summed E-state index contributed by atoms with van der Waals surface area (Å²) in [7, 11) is 9.67. The van der Waals surface area contributed by atoms with Crippen LogP contribution in [-0.2, 0) is 0 Å². The van der Waals surface area contributed by atoms with E-state index in [4.69, 9.17) is 0 Å². The van der Waals surface area contributed by atoms with Gasteiger partial charge in [-0.2, -0.15) is 0 Å². The molecule has 140 valence electrons. The quantitative estimate of drug-likeness (QED) is 0.260. The van der Waals surface area contributed by atoms with Crippen molar-refractivity contribution >= 4 is 0 Å². The van der Waals surface area contributed by atoms with Gasteiger partial charge in [-0.15, -0.1) is 0 Å². The Bertz CT molecular complexity index is 233. The molecule has 0 aliphatic carbocycles. The van der Waals surface area contributed by atoms with Gasteiger partial charge in [0.05, 0.1) is 54.4 Å². The molecule has 0 saturated carbocycles. The van der Waals surface area contributed by atoms with Crippen LogP contribution >= 0.6 is 0 Å². The van der Waals surface area contributed by atoms with Crippen molar-refractivity contribution in [3.8, 4) is 0 Å². The van der Waals surface area contributed by atoms with Gasteiger partial charge in [-0.3, -0.25) is 0 Å². The van der Waals surface area contributed by atoms with E-state index in [9.17, 15) is 0 Å². The zero-order valence-corrected chi connectivity index (χ0v) is 17.5. The van der Waals surface area contributed by atoms with Crippen LogP contribution in [0.2, 0.25) is 0 Å². The minimum Gasteiger partial charge on any atom is -0.328 e. The van der Waals surface area contributed by atoms with Gasteiger partial charge < -0.3 is 8.97 Å². The normalized spacial score (nSPS) is 12.8. The molecule has 0 unspecified atom stereocenters. The van der Waals surface area contributed by atoms with Crippen LogP contribution in [-0.4, -0.2) is 63.3 Å². The average molecular weight is 329 g/mol. The van der Waals surface area contributed by atoms with Crippen molar-refractivity contribution in [3.05, 3.63) is 0 Å². The zero-order chi connectivity index (χ0) is 17.6.